The van der Waals surface area contributed by atoms with Gasteiger partial charge in [0.05, 0.1) is 0 Å². The molecule has 1 aromatic heterocycles. The zero-order valence-corrected chi connectivity index (χ0v) is 14.6. The van der Waals surface area contributed by atoms with Crippen molar-refractivity contribution in [2.45, 2.75) is 0 Å². The molecule has 0 unspecified atom stereocenters. The molecule has 0 bridgehead atoms. The summed E-state index contributed by atoms with van der Waals surface area (Å²) in [4.78, 5) is 24.6. The fraction of sp³-hybridized carbons (Fsp3) is 0. The normalized spacial score (nSPS) is 10.8. The van der Waals surface area contributed by atoms with Crippen molar-refractivity contribution in [1.29, 1.82) is 0 Å². The van der Waals surface area contributed by atoms with Crippen LogP contribution in [0.25, 0.3) is 6.08 Å². The Balaban J connectivity index is 1.69. The highest BCUT2D eigenvalue weighted by atomic mass is 35.5. The third-order valence-electron chi connectivity index (χ3n) is 3.35. The molecular weight excluding hydrogens is 356 g/mol. The van der Waals surface area contributed by atoms with Crippen LogP contribution in [0.5, 0.6) is 5.75 Å². The van der Waals surface area contributed by atoms with Crippen molar-refractivity contribution in [2.75, 3.05) is 0 Å². The fourth-order valence-corrected chi connectivity index (χ4v) is 2.84. The summed E-state index contributed by atoms with van der Waals surface area (Å²) < 4.78 is 5.34. The summed E-state index contributed by atoms with van der Waals surface area (Å²) in [6, 6.07) is 17.2. The molecule has 3 aromatic rings. The minimum atomic E-state index is -0.395. The molecule has 3 nitrogen and oxygen atoms in total. The quantitative estimate of drug-likeness (QED) is 0.258. The van der Waals surface area contributed by atoms with Crippen LogP contribution in [0.15, 0.2) is 72.1 Å². The van der Waals surface area contributed by atoms with Crippen LogP contribution < -0.4 is 4.74 Å². The van der Waals surface area contributed by atoms with Gasteiger partial charge in [0.15, 0.2) is 5.78 Å². The summed E-state index contributed by atoms with van der Waals surface area (Å²) in [6.07, 6.45) is 3.16. The van der Waals surface area contributed by atoms with Crippen LogP contribution in [-0.2, 0) is 0 Å². The Morgan fingerprint density at radius 2 is 1.80 bits per heavy atom. The number of ether oxygens (including phenoxy) is 1. The number of halogens is 1. The Labute approximate surface area is 154 Å². The van der Waals surface area contributed by atoms with Crippen molar-refractivity contribution in [3.8, 4) is 5.75 Å². The molecule has 1 heterocycles. The lowest BCUT2D eigenvalue weighted by Crippen LogP contribution is -2.06. The van der Waals surface area contributed by atoms with E-state index in [1.165, 1.54) is 17.4 Å². The number of allylic oxidation sites excluding steroid dienone is 1. The van der Waals surface area contributed by atoms with Gasteiger partial charge in [0.2, 0.25) is 0 Å². The first-order valence-corrected chi connectivity index (χ1v) is 8.71. The summed E-state index contributed by atoms with van der Waals surface area (Å²) in [7, 11) is 0. The predicted octanol–water partition coefficient (Wildman–Crippen LogP) is 5.52. The molecule has 0 amide bonds. The standard InChI is InChI=1S/C20H13ClO3S/c21-16-9-7-15(8-10-16)18(22)11-6-14-3-1-4-17(13-14)24-20(23)19-5-2-12-25-19/h1-13H/b11-6+. The van der Waals surface area contributed by atoms with Crippen molar-refractivity contribution in [1.82, 2.24) is 0 Å². The van der Waals surface area contributed by atoms with Crippen LogP contribution in [0, 0.1) is 0 Å². The van der Waals surface area contributed by atoms with Gasteiger partial charge in [-0.25, -0.2) is 4.79 Å². The molecule has 0 aliphatic carbocycles. The summed E-state index contributed by atoms with van der Waals surface area (Å²) in [6.45, 7) is 0. The number of ketones is 1. The summed E-state index contributed by atoms with van der Waals surface area (Å²) in [5, 5.41) is 2.40. The molecular formula is C20H13ClO3S. The van der Waals surface area contributed by atoms with Crippen LogP contribution in [0.3, 0.4) is 0 Å². The van der Waals surface area contributed by atoms with E-state index in [2.05, 4.69) is 0 Å². The predicted molar refractivity (Wildman–Crippen MR) is 101 cm³/mol. The first kappa shape index (κ1) is 17.1. The monoisotopic (exact) mass is 368 g/mol. The fourth-order valence-electron chi connectivity index (χ4n) is 2.12. The number of carbonyl (C=O) groups excluding carboxylic acids is 2. The molecule has 3 rings (SSSR count). The maximum atomic E-state index is 12.1. The number of rotatable bonds is 5. The highest BCUT2D eigenvalue weighted by Gasteiger charge is 2.09. The van der Waals surface area contributed by atoms with E-state index < -0.39 is 5.97 Å². The zero-order chi connectivity index (χ0) is 17.6. The molecule has 2 aromatic carbocycles. The van der Waals surface area contributed by atoms with Gasteiger partial charge in [-0.05, 0) is 59.5 Å². The van der Waals surface area contributed by atoms with Gasteiger partial charge >= 0.3 is 5.97 Å². The van der Waals surface area contributed by atoms with Crippen molar-refractivity contribution >= 4 is 40.8 Å². The topological polar surface area (TPSA) is 43.4 Å². The summed E-state index contributed by atoms with van der Waals surface area (Å²) in [5.74, 6) is -0.0921. The summed E-state index contributed by atoms with van der Waals surface area (Å²) >= 11 is 7.14. The second-order valence-electron chi connectivity index (χ2n) is 5.14. The molecule has 25 heavy (non-hydrogen) atoms. The average Bonchev–Trinajstić information content (AvgIpc) is 3.15. The van der Waals surface area contributed by atoms with Gasteiger partial charge in [0.25, 0.3) is 0 Å². The number of benzene rings is 2. The molecule has 0 saturated heterocycles. The van der Waals surface area contributed by atoms with E-state index in [0.29, 0.717) is 21.2 Å². The maximum Gasteiger partial charge on any atom is 0.353 e. The number of esters is 1. The lowest BCUT2D eigenvalue weighted by molar-refractivity contribution is 0.0739. The van der Waals surface area contributed by atoms with Crippen molar-refractivity contribution in [3.63, 3.8) is 0 Å². The van der Waals surface area contributed by atoms with Crippen molar-refractivity contribution in [3.05, 3.63) is 93.1 Å². The SMILES string of the molecule is O=C(/C=C/c1cccc(OC(=O)c2cccs2)c1)c1ccc(Cl)cc1. The van der Waals surface area contributed by atoms with Crippen LogP contribution in [-0.4, -0.2) is 11.8 Å². The molecule has 0 spiro atoms. The lowest BCUT2D eigenvalue weighted by atomic mass is 10.1. The Morgan fingerprint density at radius 3 is 2.52 bits per heavy atom. The lowest BCUT2D eigenvalue weighted by Gasteiger charge is -2.03. The third kappa shape index (κ3) is 4.66. The van der Waals surface area contributed by atoms with Crippen LogP contribution in [0.4, 0.5) is 0 Å². The first-order valence-electron chi connectivity index (χ1n) is 7.45. The molecule has 0 fully saturated rings. The number of thiophene rings is 1. The van der Waals surface area contributed by atoms with Gasteiger partial charge in [0, 0.05) is 10.6 Å². The number of hydrogen-bond acceptors (Lipinski definition) is 4. The Morgan fingerprint density at radius 1 is 1.00 bits per heavy atom. The molecule has 0 aliphatic rings. The number of hydrogen-bond donors (Lipinski definition) is 0. The van der Waals surface area contributed by atoms with Gasteiger partial charge in [-0.3, -0.25) is 4.79 Å². The highest BCUT2D eigenvalue weighted by Crippen LogP contribution is 2.18. The van der Waals surface area contributed by atoms with E-state index in [0.717, 1.165) is 5.56 Å². The van der Waals surface area contributed by atoms with E-state index in [4.69, 9.17) is 16.3 Å². The Bertz CT molecular complexity index is 912. The molecule has 0 aliphatic heterocycles. The third-order valence-corrected chi connectivity index (χ3v) is 4.45. The Hall–Kier alpha value is -2.69. The Kier molecular flexibility index (Phi) is 5.43. The van der Waals surface area contributed by atoms with Gasteiger partial charge in [0.1, 0.15) is 10.6 Å². The van der Waals surface area contributed by atoms with Gasteiger partial charge in [-0.15, -0.1) is 11.3 Å². The van der Waals surface area contributed by atoms with Crippen LogP contribution >= 0.6 is 22.9 Å². The summed E-state index contributed by atoms with van der Waals surface area (Å²) in [5.41, 5.74) is 1.32. The molecule has 0 radical (unpaired) electrons. The highest BCUT2D eigenvalue weighted by molar-refractivity contribution is 7.12. The van der Waals surface area contributed by atoms with E-state index >= 15 is 0 Å². The minimum absolute atomic E-state index is 0.127. The first-order chi connectivity index (χ1) is 12.1. The molecule has 124 valence electrons. The van der Waals surface area contributed by atoms with E-state index in [1.807, 2.05) is 11.4 Å². The smallest absolute Gasteiger partial charge is 0.353 e. The largest absolute Gasteiger partial charge is 0.422 e. The van der Waals surface area contributed by atoms with E-state index in [9.17, 15) is 9.59 Å². The van der Waals surface area contributed by atoms with Gasteiger partial charge in [-0.1, -0.05) is 35.9 Å². The van der Waals surface area contributed by atoms with E-state index in [1.54, 1.807) is 60.7 Å². The molecule has 0 N–H and O–H groups in total. The minimum Gasteiger partial charge on any atom is -0.422 e. The van der Waals surface area contributed by atoms with Crippen molar-refractivity contribution in [2.24, 2.45) is 0 Å². The van der Waals surface area contributed by atoms with Gasteiger partial charge < -0.3 is 4.74 Å². The molecule has 0 atom stereocenters. The average molecular weight is 369 g/mol. The maximum absolute atomic E-state index is 12.1. The molecule has 5 heteroatoms. The van der Waals surface area contributed by atoms with Crippen LogP contribution in [0.2, 0.25) is 5.02 Å². The second kappa shape index (κ2) is 7.92. The van der Waals surface area contributed by atoms with E-state index in [-0.39, 0.29) is 5.78 Å². The zero-order valence-electron chi connectivity index (χ0n) is 13.0. The number of carbonyl (C=O) groups is 2. The van der Waals surface area contributed by atoms with Crippen LogP contribution in [0.1, 0.15) is 25.6 Å². The second-order valence-corrected chi connectivity index (χ2v) is 6.53. The van der Waals surface area contributed by atoms with Crippen molar-refractivity contribution < 1.29 is 14.3 Å². The molecule has 0 saturated carbocycles. The van der Waals surface area contributed by atoms with Gasteiger partial charge in [-0.2, -0.15) is 0 Å².